The third kappa shape index (κ3) is 5.16. The lowest BCUT2D eigenvalue weighted by molar-refractivity contribution is 0.327. The highest BCUT2D eigenvalue weighted by Gasteiger charge is 2.16. The second-order valence-electron chi connectivity index (χ2n) is 8.30. The maximum atomic E-state index is 13.6. The molecule has 7 nitrogen and oxygen atoms in total. The molecule has 0 radical (unpaired) electrons. The Morgan fingerprint density at radius 3 is 2.61 bits per heavy atom. The van der Waals surface area contributed by atoms with Gasteiger partial charge in [-0.3, -0.25) is 9.97 Å². The van der Waals surface area contributed by atoms with Gasteiger partial charge < -0.3 is 20.8 Å². The number of H-pyrrole nitrogens is 1. The van der Waals surface area contributed by atoms with Crippen LogP contribution in [-0.2, 0) is 6.54 Å². The molecule has 2 aromatic carbocycles. The average molecular weight is 487 g/mol. The summed E-state index contributed by atoms with van der Waals surface area (Å²) in [6.07, 6.45) is 1.68. The molecule has 3 aromatic heterocycles. The van der Waals surface area contributed by atoms with E-state index < -0.39 is 11.6 Å². The van der Waals surface area contributed by atoms with E-state index in [-0.39, 0.29) is 6.54 Å². The summed E-state index contributed by atoms with van der Waals surface area (Å²) in [4.78, 5) is 17.3. The van der Waals surface area contributed by atoms with E-state index in [9.17, 15) is 8.78 Å². The number of pyridine rings is 2. The predicted molar refractivity (Wildman–Crippen MR) is 136 cm³/mol. The van der Waals surface area contributed by atoms with Crippen LogP contribution in [0.3, 0.4) is 0 Å². The average Bonchev–Trinajstić information content (AvgIpc) is 3.30. The maximum Gasteiger partial charge on any atom is 0.138 e. The summed E-state index contributed by atoms with van der Waals surface area (Å²) in [5, 5.41) is 3.92. The minimum absolute atomic E-state index is 0.230. The first-order valence-corrected chi connectivity index (χ1v) is 11.4. The zero-order chi connectivity index (χ0) is 25.1. The molecule has 0 saturated carbocycles. The monoisotopic (exact) mass is 486 g/mol. The van der Waals surface area contributed by atoms with Crippen molar-refractivity contribution in [2.75, 3.05) is 18.5 Å². The van der Waals surface area contributed by atoms with Crippen molar-refractivity contribution in [1.29, 1.82) is 0 Å². The van der Waals surface area contributed by atoms with Crippen LogP contribution in [0.5, 0.6) is 5.75 Å². The summed E-state index contributed by atoms with van der Waals surface area (Å²) < 4.78 is 32.8. The van der Waals surface area contributed by atoms with E-state index >= 15 is 0 Å². The fourth-order valence-electron chi connectivity index (χ4n) is 3.94. The van der Waals surface area contributed by atoms with Crippen LogP contribution in [0.15, 0.2) is 66.9 Å². The van der Waals surface area contributed by atoms with Crippen molar-refractivity contribution in [3.63, 3.8) is 0 Å². The standard InChI is InChI=1S/C27H24F2N6O/c1-16-3-2-4-24(33-16)27-26(34-25(35-27)15-31-21-12-19(28)11-20(29)13-21)17-5-6-23-18(9-17)10-22(14-32-23)36-8-7-30/h2-6,9-14,31H,7-8,15,30H2,1H3,(H,34,35). The van der Waals surface area contributed by atoms with Gasteiger partial charge in [-0.15, -0.1) is 0 Å². The summed E-state index contributed by atoms with van der Waals surface area (Å²) >= 11 is 0. The van der Waals surface area contributed by atoms with Crippen LogP contribution in [-0.4, -0.2) is 33.1 Å². The molecule has 0 saturated heterocycles. The Morgan fingerprint density at radius 2 is 1.83 bits per heavy atom. The number of halogens is 2. The van der Waals surface area contributed by atoms with E-state index in [0.717, 1.165) is 33.9 Å². The Morgan fingerprint density at radius 1 is 1.00 bits per heavy atom. The number of anilines is 1. The van der Waals surface area contributed by atoms with E-state index in [2.05, 4.69) is 20.3 Å². The Balaban J connectivity index is 1.53. The number of rotatable bonds is 8. The molecule has 0 atom stereocenters. The van der Waals surface area contributed by atoms with Gasteiger partial charge in [-0.2, -0.15) is 0 Å². The van der Waals surface area contributed by atoms with Gasteiger partial charge in [0.1, 0.15) is 35.5 Å². The van der Waals surface area contributed by atoms with Crippen molar-refractivity contribution in [2.24, 2.45) is 5.73 Å². The van der Waals surface area contributed by atoms with E-state index in [1.54, 1.807) is 6.20 Å². The van der Waals surface area contributed by atoms with Gasteiger partial charge in [-0.25, -0.2) is 13.8 Å². The van der Waals surface area contributed by atoms with Crippen LogP contribution in [0.25, 0.3) is 33.5 Å². The lowest BCUT2D eigenvalue weighted by atomic mass is 10.1. The highest BCUT2D eigenvalue weighted by atomic mass is 19.1. The molecule has 4 N–H and O–H groups in total. The number of fused-ring (bicyclic) bond motifs is 1. The molecule has 9 heteroatoms. The van der Waals surface area contributed by atoms with Crippen LogP contribution >= 0.6 is 0 Å². The number of aryl methyl sites for hydroxylation is 1. The summed E-state index contributed by atoms with van der Waals surface area (Å²) in [5.74, 6) is -0.0718. The van der Waals surface area contributed by atoms with Crippen molar-refractivity contribution >= 4 is 16.6 Å². The normalized spacial score (nSPS) is 11.1. The largest absolute Gasteiger partial charge is 0.491 e. The molecule has 0 aliphatic rings. The molecule has 5 aromatic rings. The molecule has 36 heavy (non-hydrogen) atoms. The molecule has 0 amide bonds. The van der Waals surface area contributed by atoms with E-state index in [1.807, 2.05) is 49.4 Å². The number of nitrogens with zero attached hydrogens (tertiary/aromatic N) is 3. The van der Waals surface area contributed by atoms with Crippen LogP contribution in [0.2, 0.25) is 0 Å². The topological polar surface area (TPSA) is 102 Å². The fourth-order valence-corrected chi connectivity index (χ4v) is 3.94. The number of benzene rings is 2. The quantitative estimate of drug-likeness (QED) is 0.278. The molecule has 0 unspecified atom stereocenters. The lowest BCUT2D eigenvalue weighted by Crippen LogP contribution is -2.10. The van der Waals surface area contributed by atoms with Crippen LogP contribution < -0.4 is 15.8 Å². The van der Waals surface area contributed by atoms with Crippen LogP contribution in [0.1, 0.15) is 11.5 Å². The first-order valence-electron chi connectivity index (χ1n) is 11.4. The highest BCUT2D eigenvalue weighted by molar-refractivity contribution is 5.87. The Bertz CT molecular complexity index is 1510. The molecular weight excluding hydrogens is 462 g/mol. The summed E-state index contributed by atoms with van der Waals surface area (Å²) in [6, 6.07) is 16.9. The number of hydrogen-bond acceptors (Lipinski definition) is 6. The number of nitrogens with one attached hydrogen (secondary N) is 2. The summed E-state index contributed by atoms with van der Waals surface area (Å²) in [7, 11) is 0. The Hall–Kier alpha value is -4.37. The van der Waals surface area contributed by atoms with Crippen molar-refractivity contribution in [2.45, 2.75) is 13.5 Å². The number of ether oxygens (including phenoxy) is 1. The first kappa shape index (κ1) is 23.4. The minimum Gasteiger partial charge on any atom is -0.491 e. The number of nitrogens with two attached hydrogens (primary N) is 1. The van der Waals surface area contributed by atoms with E-state index in [1.165, 1.54) is 12.1 Å². The summed E-state index contributed by atoms with van der Waals surface area (Å²) in [5.41, 5.74) is 10.6. The van der Waals surface area contributed by atoms with Crippen molar-refractivity contribution in [3.8, 4) is 28.4 Å². The van der Waals surface area contributed by atoms with Gasteiger partial charge in [-0.05, 0) is 49.4 Å². The molecular formula is C27H24F2N6O. The number of imidazole rings is 1. The van der Waals surface area contributed by atoms with Gasteiger partial charge in [0, 0.05) is 34.9 Å². The van der Waals surface area contributed by atoms with Crippen molar-refractivity contribution in [1.82, 2.24) is 19.9 Å². The van der Waals surface area contributed by atoms with Crippen LogP contribution in [0.4, 0.5) is 14.5 Å². The van der Waals surface area contributed by atoms with Gasteiger partial charge in [-0.1, -0.05) is 12.1 Å². The van der Waals surface area contributed by atoms with E-state index in [0.29, 0.717) is 41.8 Å². The zero-order valence-corrected chi connectivity index (χ0v) is 19.6. The predicted octanol–water partition coefficient (Wildman–Crippen LogP) is 5.22. The minimum atomic E-state index is -0.651. The number of aromatic amines is 1. The Labute approximate surface area is 206 Å². The smallest absolute Gasteiger partial charge is 0.138 e. The highest BCUT2D eigenvalue weighted by Crippen LogP contribution is 2.32. The van der Waals surface area contributed by atoms with Gasteiger partial charge in [0.05, 0.1) is 29.6 Å². The molecule has 5 rings (SSSR count). The van der Waals surface area contributed by atoms with Crippen molar-refractivity contribution in [3.05, 3.63) is 90.0 Å². The van der Waals surface area contributed by atoms with Crippen LogP contribution in [0, 0.1) is 18.6 Å². The molecule has 0 spiro atoms. The fraction of sp³-hybridized carbons (Fsp3) is 0.148. The summed E-state index contributed by atoms with van der Waals surface area (Å²) in [6.45, 7) is 2.97. The second-order valence-corrected chi connectivity index (χ2v) is 8.30. The van der Waals surface area contributed by atoms with Crippen molar-refractivity contribution < 1.29 is 13.5 Å². The number of hydrogen-bond donors (Lipinski definition) is 3. The molecule has 0 aliphatic heterocycles. The second kappa shape index (κ2) is 10.1. The third-order valence-corrected chi connectivity index (χ3v) is 5.54. The SMILES string of the molecule is Cc1cccc(-c2nc(CNc3cc(F)cc(F)c3)[nH]c2-c2ccc3ncc(OCCN)cc3c2)n1. The van der Waals surface area contributed by atoms with Gasteiger partial charge >= 0.3 is 0 Å². The van der Waals surface area contributed by atoms with Gasteiger partial charge in [0.2, 0.25) is 0 Å². The zero-order valence-electron chi connectivity index (χ0n) is 19.6. The number of aromatic nitrogens is 4. The van der Waals surface area contributed by atoms with Gasteiger partial charge in [0.25, 0.3) is 0 Å². The molecule has 182 valence electrons. The van der Waals surface area contributed by atoms with E-state index in [4.69, 9.17) is 15.5 Å². The molecule has 3 heterocycles. The van der Waals surface area contributed by atoms with Gasteiger partial charge in [0.15, 0.2) is 0 Å². The maximum absolute atomic E-state index is 13.6. The Kier molecular flexibility index (Phi) is 6.55. The first-order chi connectivity index (χ1) is 17.5. The molecule has 0 aliphatic carbocycles. The lowest BCUT2D eigenvalue weighted by Gasteiger charge is -2.08. The third-order valence-electron chi connectivity index (χ3n) is 5.54. The molecule has 0 fully saturated rings. The molecule has 0 bridgehead atoms.